The molecule has 4 heteroatoms. The molecule has 1 aliphatic rings. The Kier molecular flexibility index (Phi) is 5.15. The van der Waals surface area contributed by atoms with E-state index in [0.29, 0.717) is 24.8 Å². The van der Waals surface area contributed by atoms with Crippen LogP contribution in [0.4, 0.5) is 0 Å². The van der Waals surface area contributed by atoms with Gasteiger partial charge in [-0.3, -0.25) is 0 Å². The predicted octanol–water partition coefficient (Wildman–Crippen LogP) is 1.41. The van der Waals surface area contributed by atoms with Crippen LogP contribution in [0.3, 0.4) is 0 Å². The first-order chi connectivity index (χ1) is 8.06. The molecule has 0 unspecified atom stereocenters. The second-order valence-electron chi connectivity index (χ2n) is 4.81. The van der Waals surface area contributed by atoms with Gasteiger partial charge in [0.2, 0.25) is 0 Å². The van der Waals surface area contributed by atoms with E-state index in [1.54, 1.807) is 0 Å². The Bertz CT molecular complexity index is 277. The number of carbonyl (C=O) groups excluding carboxylic acids is 1. The molecule has 0 spiro atoms. The van der Waals surface area contributed by atoms with Crippen LogP contribution < -0.4 is 0 Å². The summed E-state index contributed by atoms with van der Waals surface area (Å²) < 4.78 is 5.40. The van der Waals surface area contributed by atoms with Crippen molar-refractivity contribution in [2.45, 2.75) is 44.6 Å². The Hall–Kier alpha value is -0.870. The molecule has 1 saturated carbocycles. The third-order valence-corrected chi connectivity index (χ3v) is 3.59. The Balaban J connectivity index is 2.59. The zero-order chi connectivity index (χ0) is 12.9. The minimum absolute atomic E-state index is 0.159. The largest absolute Gasteiger partial charge is 0.453 e. The summed E-state index contributed by atoms with van der Waals surface area (Å²) in [5, 5.41) is 18.5. The van der Waals surface area contributed by atoms with Crippen molar-refractivity contribution in [1.82, 2.24) is 0 Å². The number of hydrogen-bond donors (Lipinski definition) is 2. The van der Waals surface area contributed by atoms with E-state index < -0.39 is 11.6 Å². The predicted molar refractivity (Wildman–Crippen MR) is 64.4 cm³/mol. The molecule has 98 valence electrons. The quantitative estimate of drug-likeness (QED) is 0.565. The van der Waals surface area contributed by atoms with E-state index in [4.69, 9.17) is 9.84 Å². The summed E-state index contributed by atoms with van der Waals surface area (Å²) in [5.74, 6) is -0.147. The van der Waals surface area contributed by atoms with Crippen molar-refractivity contribution in [2.75, 3.05) is 13.2 Å². The molecule has 0 aromatic heterocycles. The van der Waals surface area contributed by atoms with Crippen LogP contribution in [0.15, 0.2) is 12.2 Å². The lowest BCUT2D eigenvalue weighted by molar-refractivity contribution is -0.165. The molecule has 17 heavy (non-hydrogen) atoms. The summed E-state index contributed by atoms with van der Waals surface area (Å²) in [7, 11) is 0. The van der Waals surface area contributed by atoms with Gasteiger partial charge in [-0.2, -0.15) is 0 Å². The monoisotopic (exact) mass is 242 g/mol. The lowest BCUT2D eigenvalue weighted by Crippen LogP contribution is -2.43. The van der Waals surface area contributed by atoms with E-state index in [9.17, 15) is 9.90 Å². The number of aliphatic hydroxyl groups is 2. The van der Waals surface area contributed by atoms with Gasteiger partial charge in [-0.05, 0) is 38.0 Å². The topological polar surface area (TPSA) is 66.8 Å². The fraction of sp³-hybridized carbons (Fsp3) is 0.769. The lowest BCUT2D eigenvalue weighted by atomic mass is 9.79. The van der Waals surface area contributed by atoms with Gasteiger partial charge in [0.15, 0.2) is 0 Å². The highest BCUT2D eigenvalue weighted by Crippen LogP contribution is 2.35. The lowest BCUT2D eigenvalue weighted by Gasteiger charge is -2.37. The molecule has 0 heterocycles. The Morgan fingerprint density at radius 3 is 2.41 bits per heavy atom. The molecule has 0 radical (unpaired) electrons. The maximum atomic E-state index is 11.7. The molecule has 0 atom stereocenters. The van der Waals surface area contributed by atoms with Gasteiger partial charge >= 0.3 is 5.97 Å². The molecular weight excluding hydrogens is 220 g/mol. The summed E-state index contributed by atoms with van der Waals surface area (Å²) in [4.78, 5) is 11.7. The Labute approximate surface area is 102 Å². The molecule has 1 fully saturated rings. The fourth-order valence-electron chi connectivity index (χ4n) is 2.09. The highest BCUT2D eigenvalue weighted by Gasteiger charge is 2.38. The summed E-state index contributed by atoms with van der Waals surface area (Å²) in [6.45, 7) is 5.49. The molecule has 0 bridgehead atoms. The molecule has 4 nitrogen and oxygen atoms in total. The molecule has 0 amide bonds. The van der Waals surface area contributed by atoms with Gasteiger partial charge in [-0.1, -0.05) is 13.5 Å². The third-order valence-electron chi connectivity index (χ3n) is 3.59. The summed E-state index contributed by atoms with van der Waals surface area (Å²) in [6, 6.07) is 0. The normalized spacial score (nSPS) is 28.8. The first-order valence-electron chi connectivity index (χ1n) is 6.19. The van der Waals surface area contributed by atoms with Crippen molar-refractivity contribution in [2.24, 2.45) is 5.92 Å². The van der Waals surface area contributed by atoms with Crippen molar-refractivity contribution in [3.8, 4) is 0 Å². The molecule has 0 aromatic rings. The molecule has 0 aromatic carbocycles. The number of rotatable bonds is 5. The van der Waals surface area contributed by atoms with Crippen molar-refractivity contribution >= 4 is 5.97 Å². The van der Waals surface area contributed by atoms with Gasteiger partial charge in [-0.15, -0.1) is 0 Å². The first-order valence-corrected chi connectivity index (χ1v) is 6.19. The van der Waals surface area contributed by atoms with Crippen molar-refractivity contribution in [1.29, 1.82) is 0 Å². The van der Waals surface area contributed by atoms with Crippen LogP contribution in [0.1, 0.15) is 39.0 Å². The van der Waals surface area contributed by atoms with Crippen LogP contribution in [-0.2, 0) is 9.53 Å². The van der Waals surface area contributed by atoms with Gasteiger partial charge in [0.05, 0.1) is 6.61 Å². The van der Waals surface area contributed by atoms with E-state index >= 15 is 0 Å². The molecule has 1 rings (SSSR count). The maximum Gasteiger partial charge on any atom is 0.334 e. The van der Waals surface area contributed by atoms with E-state index in [1.807, 2.05) is 6.92 Å². The minimum Gasteiger partial charge on any atom is -0.453 e. The summed E-state index contributed by atoms with van der Waals surface area (Å²) in [6.07, 6.45) is 3.33. The number of hydrogen-bond acceptors (Lipinski definition) is 4. The van der Waals surface area contributed by atoms with Crippen LogP contribution in [0.2, 0.25) is 0 Å². The third kappa shape index (κ3) is 3.54. The van der Waals surface area contributed by atoms with Crippen LogP contribution >= 0.6 is 0 Å². The second kappa shape index (κ2) is 6.17. The van der Waals surface area contributed by atoms with Gasteiger partial charge in [0.25, 0.3) is 0 Å². The zero-order valence-electron chi connectivity index (χ0n) is 10.4. The number of ether oxygens (including phenoxy) is 1. The summed E-state index contributed by atoms with van der Waals surface area (Å²) >= 11 is 0. The van der Waals surface area contributed by atoms with Crippen LogP contribution in [0.25, 0.3) is 0 Å². The minimum atomic E-state index is -0.763. The summed E-state index contributed by atoms with van der Waals surface area (Å²) in [5.41, 5.74) is -0.331. The number of carbonyl (C=O) groups is 1. The highest BCUT2D eigenvalue weighted by atomic mass is 16.6. The van der Waals surface area contributed by atoms with Gasteiger partial charge in [0, 0.05) is 12.2 Å². The van der Waals surface area contributed by atoms with Gasteiger partial charge in [0.1, 0.15) is 5.60 Å². The van der Waals surface area contributed by atoms with E-state index in [-0.39, 0.29) is 19.1 Å². The van der Waals surface area contributed by atoms with Crippen LogP contribution in [0, 0.1) is 5.92 Å². The van der Waals surface area contributed by atoms with E-state index in [1.165, 1.54) is 0 Å². The first kappa shape index (κ1) is 14.2. The van der Waals surface area contributed by atoms with Crippen LogP contribution in [-0.4, -0.2) is 35.0 Å². The van der Waals surface area contributed by atoms with Gasteiger partial charge in [-0.25, -0.2) is 4.79 Å². The Morgan fingerprint density at radius 1 is 1.41 bits per heavy atom. The molecule has 2 N–H and O–H groups in total. The molecule has 1 aliphatic carbocycles. The van der Waals surface area contributed by atoms with E-state index in [2.05, 4.69) is 6.58 Å². The molecular formula is C13H22O4. The van der Waals surface area contributed by atoms with Gasteiger partial charge < -0.3 is 14.9 Å². The fourth-order valence-corrected chi connectivity index (χ4v) is 2.09. The zero-order valence-corrected chi connectivity index (χ0v) is 10.4. The number of aliphatic hydroxyl groups excluding tert-OH is 2. The number of esters is 1. The van der Waals surface area contributed by atoms with E-state index in [0.717, 1.165) is 12.8 Å². The van der Waals surface area contributed by atoms with Crippen molar-refractivity contribution < 1.29 is 19.7 Å². The molecule has 0 saturated heterocycles. The molecule has 0 aliphatic heterocycles. The average Bonchev–Trinajstić information content (AvgIpc) is 2.38. The maximum absolute atomic E-state index is 11.7. The second-order valence-corrected chi connectivity index (χ2v) is 4.81. The highest BCUT2D eigenvalue weighted by molar-refractivity contribution is 5.87. The Morgan fingerprint density at radius 2 is 2.00 bits per heavy atom. The van der Waals surface area contributed by atoms with Crippen molar-refractivity contribution in [3.63, 3.8) is 0 Å². The smallest absolute Gasteiger partial charge is 0.334 e. The SMILES string of the molecule is C=C(CC)C(=O)OC1(CO)CCC(CO)CC1. The van der Waals surface area contributed by atoms with Crippen molar-refractivity contribution in [3.05, 3.63) is 12.2 Å². The average molecular weight is 242 g/mol. The standard InChI is InChI=1S/C13H22O4/c1-3-10(2)12(16)17-13(9-15)6-4-11(8-14)5-7-13/h11,14-15H,2-9H2,1H3. The van der Waals surface area contributed by atoms with Crippen LogP contribution in [0.5, 0.6) is 0 Å².